The predicted molar refractivity (Wildman–Crippen MR) is 68.3 cm³/mol. The first-order valence-electron chi connectivity index (χ1n) is 5.38. The molecule has 1 aromatic rings. The molecule has 1 rings (SSSR count). The number of rotatable bonds is 5. The van der Waals surface area contributed by atoms with Gasteiger partial charge in [0.25, 0.3) is 0 Å². The van der Waals surface area contributed by atoms with Crippen LogP contribution < -0.4 is 10.0 Å². The number of carboxylic acids is 1. The molecule has 0 unspecified atom stereocenters. The summed E-state index contributed by atoms with van der Waals surface area (Å²) in [6.45, 7) is 2.64. The van der Waals surface area contributed by atoms with Gasteiger partial charge in [-0.25, -0.2) is 18.4 Å². The third-order valence-corrected chi connectivity index (χ3v) is 3.41. The Morgan fingerprint density at radius 1 is 1.44 bits per heavy atom. The first-order chi connectivity index (χ1) is 8.27. The van der Waals surface area contributed by atoms with Crippen LogP contribution in [0.3, 0.4) is 0 Å². The largest absolute Gasteiger partial charge is 0.478 e. The average molecular weight is 272 g/mol. The quantitative estimate of drug-likeness (QED) is 0.828. The lowest BCUT2D eigenvalue weighted by Crippen LogP contribution is -2.21. The topological polar surface area (TPSA) is 101 Å². The zero-order chi connectivity index (χ0) is 13.9. The van der Waals surface area contributed by atoms with Crippen molar-refractivity contribution in [3.8, 4) is 0 Å². The molecule has 0 aliphatic carbocycles. The molecule has 0 amide bonds. The molecule has 3 N–H and O–H groups in total. The molecule has 1 aromatic carbocycles. The van der Waals surface area contributed by atoms with Crippen LogP contribution in [0.5, 0.6) is 0 Å². The number of nitrogens with zero attached hydrogens (tertiary/aromatic N) is 1. The summed E-state index contributed by atoms with van der Waals surface area (Å²) in [5.41, 5.74) is 0.397. The molecule has 0 atom stereocenters. The van der Waals surface area contributed by atoms with Gasteiger partial charge in [0, 0.05) is 13.6 Å². The van der Waals surface area contributed by atoms with E-state index in [0.29, 0.717) is 12.2 Å². The van der Waals surface area contributed by atoms with E-state index in [0.717, 1.165) is 12.5 Å². The second-order valence-electron chi connectivity index (χ2n) is 3.95. The summed E-state index contributed by atoms with van der Waals surface area (Å²) in [6, 6.07) is 3.85. The van der Waals surface area contributed by atoms with Crippen molar-refractivity contribution in [3.05, 3.63) is 23.8 Å². The molecule has 0 aromatic heterocycles. The van der Waals surface area contributed by atoms with Gasteiger partial charge in [-0.15, -0.1) is 0 Å². The highest BCUT2D eigenvalue weighted by Gasteiger charge is 2.17. The number of hydrogen-bond donors (Lipinski definition) is 2. The van der Waals surface area contributed by atoms with Crippen LogP contribution in [-0.2, 0) is 10.0 Å². The van der Waals surface area contributed by atoms with Crippen molar-refractivity contribution in [3.63, 3.8) is 0 Å². The highest BCUT2D eigenvalue weighted by Crippen LogP contribution is 2.23. The Balaban J connectivity index is 3.34. The van der Waals surface area contributed by atoms with Gasteiger partial charge >= 0.3 is 5.97 Å². The SMILES string of the molecule is CCCN(C)c1ccc(S(N)(=O)=O)cc1C(=O)O. The number of nitrogens with two attached hydrogens (primary N) is 1. The summed E-state index contributed by atoms with van der Waals surface area (Å²) in [5.74, 6) is -1.18. The van der Waals surface area contributed by atoms with Gasteiger partial charge in [-0.05, 0) is 24.6 Å². The summed E-state index contributed by atoms with van der Waals surface area (Å²) in [5, 5.41) is 14.1. The molecule has 0 saturated heterocycles. The summed E-state index contributed by atoms with van der Waals surface area (Å²) in [4.78, 5) is 12.7. The van der Waals surface area contributed by atoms with Gasteiger partial charge in [0.15, 0.2) is 0 Å². The zero-order valence-electron chi connectivity index (χ0n) is 10.3. The van der Waals surface area contributed by atoms with E-state index in [-0.39, 0.29) is 10.5 Å². The van der Waals surface area contributed by atoms with Gasteiger partial charge in [0.2, 0.25) is 10.0 Å². The number of aromatic carboxylic acids is 1. The van der Waals surface area contributed by atoms with Crippen LogP contribution in [0.25, 0.3) is 0 Å². The van der Waals surface area contributed by atoms with Gasteiger partial charge in [-0.1, -0.05) is 6.92 Å². The molecule has 18 heavy (non-hydrogen) atoms. The maximum Gasteiger partial charge on any atom is 0.337 e. The zero-order valence-corrected chi connectivity index (χ0v) is 11.1. The van der Waals surface area contributed by atoms with Crippen molar-refractivity contribution in [2.24, 2.45) is 5.14 Å². The third kappa shape index (κ3) is 3.21. The number of sulfonamides is 1. The lowest BCUT2D eigenvalue weighted by atomic mass is 10.1. The molecule has 0 aliphatic heterocycles. The number of carboxylic acid groups (broad SMARTS) is 1. The predicted octanol–water partition coefficient (Wildman–Crippen LogP) is 0.878. The van der Waals surface area contributed by atoms with E-state index in [1.165, 1.54) is 12.1 Å². The molecular weight excluding hydrogens is 256 g/mol. The van der Waals surface area contributed by atoms with Crippen molar-refractivity contribution in [1.82, 2.24) is 0 Å². The average Bonchev–Trinajstić information content (AvgIpc) is 2.27. The lowest BCUT2D eigenvalue weighted by molar-refractivity contribution is 0.0697. The van der Waals surface area contributed by atoms with Crippen molar-refractivity contribution < 1.29 is 18.3 Å². The Bertz CT molecular complexity index is 554. The van der Waals surface area contributed by atoms with Crippen LogP contribution in [-0.4, -0.2) is 33.1 Å². The van der Waals surface area contributed by atoms with Crippen LogP contribution in [0.4, 0.5) is 5.69 Å². The Labute approximate surface area is 106 Å². The first kappa shape index (κ1) is 14.5. The standard InChI is InChI=1S/C11H16N2O4S/c1-3-6-13(2)10-5-4-8(18(12,16)17)7-9(10)11(14)15/h4-5,7H,3,6H2,1-2H3,(H,14,15)(H2,12,16,17). The summed E-state index contributed by atoms with van der Waals surface area (Å²) in [6.07, 6.45) is 0.854. The van der Waals surface area contributed by atoms with E-state index < -0.39 is 16.0 Å². The van der Waals surface area contributed by atoms with Crippen molar-refractivity contribution >= 4 is 21.7 Å². The van der Waals surface area contributed by atoms with Crippen LogP contribution in [0.15, 0.2) is 23.1 Å². The highest BCUT2D eigenvalue weighted by atomic mass is 32.2. The number of benzene rings is 1. The molecule has 0 heterocycles. The summed E-state index contributed by atoms with van der Waals surface area (Å²) < 4.78 is 22.4. The molecule has 0 fully saturated rings. The molecule has 6 nitrogen and oxygen atoms in total. The molecule has 100 valence electrons. The minimum atomic E-state index is -3.90. The van der Waals surface area contributed by atoms with Gasteiger partial charge in [0.1, 0.15) is 0 Å². The molecule has 7 heteroatoms. The van der Waals surface area contributed by atoms with Gasteiger partial charge in [0.05, 0.1) is 16.1 Å². The monoisotopic (exact) mass is 272 g/mol. The van der Waals surface area contributed by atoms with E-state index in [1.54, 1.807) is 11.9 Å². The third-order valence-electron chi connectivity index (χ3n) is 2.50. The van der Waals surface area contributed by atoms with Crippen molar-refractivity contribution in [2.45, 2.75) is 18.2 Å². The fourth-order valence-electron chi connectivity index (χ4n) is 1.65. The van der Waals surface area contributed by atoms with E-state index in [4.69, 9.17) is 10.2 Å². The molecule has 0 bridgehead atoms. The maximum absolute atomic E-state index is 11.2. The van der Waals surface area contributed by atoms with E-state index in [9.17, 15) is 13.2 Å². The van der Waals surface area contributed by atoms with Crippen LogP contribution in [0.2, 0.25) is 0 Å². The normalized spacial score (nSPS) is 11.3. The number of hydrogen-bond acceptors (Lipinski definition) is 4. The van der Waals surface area contributed by atoms with E-state index in [1.807, 2.05) is 6.92 Å². The fourth-order valence-corrected chi connectivity index (χ4v) is 2.19. The van der Waals surface area contributed by atoms with Crippen molar-refractivity contribution in [2.75, 3.05) is 18.5 Å². The molecule has 0 spiro atoms. The van der Waals surface area contributed by atoms with Gasteiger partial charge < -0.3 is 10.0 Å². The van der Waals surface area contributed by atoms with Gasteiger partial charge in [-0.2, -0.15) is 0 Å². The number of primary sulfonamides is 1. The van der Waals surface area contributed by atoms with Crippen LogP contribution in [0, 0.1) is 0 Å². The lowest BCUT2D eigenvalue weighted by Gasteiger charge is -2.20. The van der Waals surface area contributed by atoms with Crippen LogP contribution in [0.1, 0.15) is 23.7 Å². The molecule has 0 aliphatic rings. The highest BCUT2D eigenvalue weighted by molar-refractivity contribution is 7.89. The minimum absolute atomic E-state index is 0.0718. The van der Waals surface area contributed by atoms with Crippen molar-refractivity contribution in [1.29, 1.82) is 0 Å². The van der Waals surface area contributed by atoms with E-state index >= 15 is 0 Å². The van der Waals surface area contributed by atoms with E-state index in [2.05, 4.69) is 0 Å². The maximum atomic E-state index is 11.2. The Hall–Kier alpha value is -1.60. The summed E-state index contributed by atoms with van der Waals surface area (Å²) >= 11 is 0. The second kappa shape index (κ2) is 5.36. The number of carbonyl (C=O) groups is 1. The Morgan fingerprint density at radius 2 is 2.06 bits per heavy atom. The fraction of sp³-hybridized carbons (Fsp3) is 0.364. The first-order valence-corrected chi connectivity index (χ1v) is 6.93. The summed E-state index contributed by atoms with van der Waals surface area (Å²) in [7, 11) is -2.14. The Morgan fingerprint density at radius 3 is 2.50 bits per heavy atom. The number of anilines is 1. The molecule has 0 saturated carbocycles. The Kier molecular flexibility index (Phi) is 4.31. The second-order valence-corrected chi connectivity index (χ2v) is 5.51. The van der Waals surface area contributed by atoms with Crippen LogP contribution >= 0.6 is 0 Å². The molecule has 0 radical (unpaired) electrons. The van der Waals surface area contributed by atoms with Gasteiger partial charge in [-0.3, -0.25) is 0 Å². The smallest absolute Gasteiger partial charge is 0.337 e. The molecular formula is C11H16N2O4S. The minimum Gasteiger partial charge on any atom is -0.478 e.